The molecule has 1 aliphatic heterocycles. The van der Waals surface area contributed by atoms with Gasteiger partial charge in [0.15, 0.2) is 0 Å². The van der Waals surface area contributed by atoms with E-state index >= 15 is 0 Å². The Hall–Kier alpha value is -0.480. The quantitative estimate of drug-likeness (QED) is 0.503. The molecule has 0 amide bonds. The molecule has 74 valence electrons. The second-order valence-corrected chi connectivity index (χ2v) is 4.06. The third-order valence-electron chi connectivity index (χ3n) is 1.58. The van der Waals surface area contributed by atoms with Gasteiger partial charge >= 0.3 is 5.97 Å². The monoisotopic (exact) mass is 202 g/mol. The number of hydrogen-bond acceptors (Lipinski definition) is 4. The van der Waals surface area contributed by atoms with E-state index in [9.17, 15) is 4.79 Å². The van der Waals surface area contributed by atoms with Crippen molar-refractivity contribution in [3.05, 3.63) is 12.2 Å². The predicted molar refractivity (Wildman–Crippen MR) is 52.6 cm³/mol. The Morgan fingerprint density at radius 2 is 2.46 bits per heavy atom. The molecular formula is C9H14O3S. The number of thioether (sulfide) groups is 1. The molecule has 0 saturated carbocycles. The van der Waals surface area contributed by atoms with Crippen LogP contribution in [0.4, 0.5) is 0 Å². The van der Waals surface area contributed by atoms with E-state index in [1.807, 2.05) is 0 Å². The van der Waals surface area contributed by atoms with Crippen LogP contribution in [-0.2, 0) is 14.3 Å². The van der Waals surface area contributed by atoms with Gasteiger partial charge in [0.25, 0.3) is 0 Å². The van der Waals surface area contributed by atoms with Crippen molar-refractivity contribution < 1.29 is 14.3 Å². The Morgan fingerprint density at radius 3 is 3.15 bits per heavy atom. The van der Waals surface area contributed by atoms with Crippen molar-refractivity contribution >= 4 is 17.7 Å². The lowest BCUT2D eigenvalue weighted by Crippen LogP contribution is -2.23. The fourth-order valence-electron chi connectivity index (χ4n) is 0.891. The van der Waals surface area contributed by atoms with Crippen molar-refractivity contribution in [2.75, 3.05) is 18.1 Å². The third kappa shape index (κ3) is 3.83. The van der Waals surface area contributed by atoms with Crippen LogP contribution in [-0.4, -0.2) is 30.4 Å². The Morgan fingerprint density at radius 1 is 1.69 bits per heavy atom. The van der Waals surface area contributed by atoms with Crippen molar-refractivity contribution in [3.8, 4) is 0 Å². The SMILES string of the molecule is C=C(C)C(=O)OC1CSCCCO1. The van der Waals surface area contributed by atoms with E-state index in [1.54, 1.807) is 18.7 Å². The van der Waals surface area contributed by atoms with Crippen molar-refractivity contribution in [1.29, 1.82) is 0 Å². The van der Waals surface area contributed by atoms with Crippen molar-refractivity contribution in [2.45, 2.75) is 19.6 Å². The number of esters is 1. The highest BCUT2D eigenvalue weighted by molar-refractivity contribution is 7.99. The first-order valence-electron chi connectivity index (χ1n) is 4.26. The van der Waals surface area contributed by atoms with Crippen molar-refractivity contribution in [2.24, 2.45) is 0 Å². The van der Waals surface area contributed by atoms with Gasteiger partial charge < -0.3 is 9.47 Å². The standard InChI is InChI=1S/C9H14O3S/c1-7(2)9(10)12-8-6-13-5-3-4-11-8/h8H,1,3-6H2,2H3. The van der Waals surface area contributed by atoms with Crippen LogP contribution in [0.25, 0.3) is 0 Å². The second kappa shape index (κ2) is 5.29. The highest BCUT2D eigenvalue weighted by atomic mass is 32.2. The minimum atomic E-state index is -0.392. The average molecular weight is 202 g/mol. The number of hydrogen-bond donors (Lipinski definition) is 0. The molecule has 0 bridgehead atoms. The first-order chi connectivity index (χ1) is 6.20. The normalized spacial score (nSPS) is 23.3. The molecule has 0 spiro atoms. The average Bonchev–Trinajstić information content (AvgIpc) is 2.32. The maximum Gasteiger partial charge on any atom is 0.335 e. The molecule has 0 aromatic heterocycles. The van der Waals surface area contributed by atoms with E-state index in [4.69, 9.17) is 9.47 Å². The van der Waals surface area contributed by atoms with Crippen LogP contribution in [0, 0.1) is 0 Å². The summed E-state index contributed by atoms with van der Waals surface area (Å²) >= 11 is 1.75. The molecule has 0 aromatic rings. The molecule has 0 N–H and O–H groups in total. The topological polar surface area (TPSA) is 35.5 Å². The van der Waals surface area contributed by atoms with Gasteiger partial charge in [-0.1, -0.05) is 6.58 Å². The van der Waals surface area contributed by atoms with Crippen molar-refractivity contribution in [1.82, 2.24) is 0 Å². The van der Waals surface area contributed by atoms with E-state index in [0.717, 1.165) is 17.9 Å². The van der Waals surface area contributed by atoms with Crippen LogP contribution >= 0.6 is 11.8 Å². The summed E-state index contributed by atoms with van der Waals surface area (Å²) in [7, 11) is 0. The first-order valence-corrected chi connectivity index (χ1v) is 5.41. The molecule has 0 aromatic carbocycles. The Bertz CT molecular complexity index is 195. The highest BCUT2D eigenvalue weighted by Gasteiger charge is 2.17. The molecular weight excluding hydrogens is 188 g/mol. The summed E-state index contributed by atoms with van der Waals surface area (Å²) in [5.74, 6) is 1.42. The predicted octanol–water partition coefficient (Wildman–Crippen LogP) is 1.59. The molecule has 1 rings (SSSR count). The molecule has 1 heterocycles. The molecule has 3 nitrogen and oxygen atoms in total. The molecule has 1 fully saturated rings. The smallest absolute Gasteiger partial charge is 0.335 e. The van der Waals surface area contributed by atoms with Crippen LogP contribution in [0.1, 0.15) is 13.3 Å². The van der Waals surface area contributed by atoms with Crippen LogP contribution < -0.4 is 0 Å². The van der Waals surface area contributed by atoms with E-state index in [1.165, 1.54) is 0 Å². The van der Waals surface area contributed by atoms with Gasteiger partial charge in [0.1, 0.15) is 0 Å². The fraction of sp³-hybridized carbons (Fsp3) is 0.667. The van der Waals surface area contributed by atoms with Gasteiger partial charge in [-0.25, -0.2) is 4.79 Å². The molecule has 0 aliphatic carbocycles. The molecule has 1 atom stereocenters. The summed E-state index contributed by atoms with van der Waals surface area (Å²) in [6, 6.07) is 0. The lowest BCUT2D eigenvalue weighted by molar-refractivity contribution is -0.168. The number of ether oxygens (including phenoxy) is 2. The van der Waals surface area contributed by atoms with Crippen molar-refractivity contribution in [3.63, 3.8) is 0 Å². The van der Waals surface area contributed by atoms with Crippen LogP contribution in [0.5, 0.6) is 0 Å². The van der Waals surface area contributed by atoms with E-state index in [-0.39, 0.29) is 5.97 Å². The Labute approximate surface area is 82.5 Å². The van der Waals surface area contributed by atoms with Crippen LogP contribution in [0.15, 0.2) is 12.2 Å². The van der Waals surface area contributed by atoms with E-state index in [0.29, 0.717) is 12.2 Å². The van der Waals surface area contributed by atoms with Gasteiger partial charge in [0.2, 0.25) is 6.29 Å². The fourth-order valence-corrected chi connectivity index (χ4v) is 1.74. The Kier molecular flexibility index (Phi) is 4.32. The van der Waals surface area contributed by atoms with Crippen LogP contribution in [0.3, 0.4) is 0 Å². The molecule has 1 unspecified atom stereocenters. The third-order valence-corrected chi connectivity index (χ3v) is 2.66. The van der Waals surface area contributed by atoms with Gasteiger partial charge in [-0.05, 0) is 19.1 Å². The summed E-state index contributed by atoms with van der Waals surface area (Å²) in [6.45, 7) is 5.81. The molecule has 1 aliphatic rings. The molecule has 4 heteroatoms. The minimum absolute atomic E-state index is 0.368. The van der Waals surface area contributed by atoms with E-state index < -0.39 is 6.29 Å². The number of rotatable bonds is 2. The zero-order valence-electron chi connectivity index (χ0n) is 7.75. The zero-order valence-corrected chi connectivity index (χ0v) is 8.56. The van der Waals surface area contributed by atoms with Gasteiger partial charge in [-0.15, -0.1) is 0 Å². The lowest BCUT2D eigenvalue weighted by atomic mass is 10.4. The summed E-state index contributed by atoms with van der Waals surface area (Å²) in [6.07, 6.45) is 0.628. The summed E-state index contributed by atoms with van der Waals surface area (Å²) in [5, 5.41) is 0. The van der Waals surface area contributed by atoms with Gasteiger partial charge in [0.05, 0.1) is 12.4 Å². The van der Waals surface area contributed by atoms with Gasteiger partial charge in [-0.2, -0.15) is 11.8 Å². The summed E-state index contributed by atoms with van der Waals surface area (Å²) in [5.41, 5.74) is 0.415. The number of carbonyl (C=O) groups is 1. The largest absolute Gasteiger partial charge is 0.431 e. The summed E-state index contributed by atoms with van der Waals surface area (Å²) in [4.78, 5) is 11.1. The molecule has 0 radical (unpaired) electrons. The second-order valence-electron chi connectivity index (χ2n) is 2.91. The lowest BCUT2D eigenvalue weighted by Gasteiger charge is -2.14. The molecule has 1 saturated heterocycles. The maximum absolute atomic E-state index is 11.1. The number of carbonyl (C=O) groups excluding carboxylic acids is 1. The Balaban J connectivity index is 2.33. The maximum atomic E-state index is 11.1. The molecule has 13 heavy (non-hydrogen) atoms. The minimum Gasteiger partial charge on any atom is -0.431 e. The zero-order chi connectivity index (χ0) is 9.68. The van der Waals surface area contributed by atoms with Gasteiger partial charge in [0, 0.05) is 5.57 Å². The van der Waals surface area contributed by atoms with E-state index in [2.05, 4.69) is 6.58 Å². The van der Waals surface area contributed by atoms with Crippen LogP contribution in [0.2, 0.25) is 0 Å². The van der Waals surface area contributed by atoms with Gasteiger partial charge in [-0.3, -0.25) is 0 Å². The highest BCUT2D eigenvalue weighted by Crippen LogP contribution is 2.14. The first kappa shape index (κ1) is 10.6. The summed E-state index contributed by atoms with van der Waals surface area (Å²) < 4.78 is 10.4.